The fraction of sp³-hybridized carbons (Fsp3) is 0.167. The molecule has 0 aliphatic carbocycles. The Morgan fingerprint density at radius 1 is 1.24 bits per heavy atom. The fourth-order valence-electron chi connectivity index (χ4n) is 1.80. The molecule has 0 bridgehead atoms. The predicted octanol–water partition coefficient (Wildman–Crippen LogP) is 1.84. The number of benzene rings is 1. The van der Waals surface area contributed by atoms with Gasteiger partial charge in [-0.1, -0.05) is 11.2 Å². The third-order valence-electron chi connectivity index (χ3n) is 2.64. The van der Waals surface area contributed by atoms with Gasteiger partial charge >= 0.3 is 0 Å². The molecule has 0 aliphatic heterocycles. The summed E-state index contributed by atoms with van der Waals surface area (Å²) >= 11 is 0. The van der Waals surface area contributed by atoms with E-state index in [4.69, 9.17) is 0 Å². The summed E-state index contributed by atoms with van der Waals surface area (Å²) in [6.45, 7) is 1.40. The molecule has 17 heavy (non-hydrogen) atoms. The Morgan fingerprint density at radius 3 is 3.12 bits per heavy atom. The summed E-state index contributed by atoms with van der Waals surface area (Å²) in [5.41, 5.74) is 2.40. The van der Waals surface area contributed by atoms with Crippen LogP contribution in [-0.4, -0.2) is 15.1 Å². The van der Waals surface area contributed by atoms with Crippen molar-refractivity contribution in [2.45, 2.75) is 13.1 Å². The van der Waals surface area contributed by atoms with Crippen LogP contribution in [0.3, 0.4) is 0 Å². The van der Waals surface area contributed by atoms with Crippen LogP contribution in [0.15, 0.2) is 41.4 Å². The largest absolute Gasteiger partial charge is 0.361 e. The molecule has 0 unspecified atom stereocenters. The topological polar surface area (TPSA) is 66.7 Å². The first-order valence-electron chi connectivity index (χ1n) is 5.44. The van der Waals surface area contributed by atoms with E-state index in [1.165, 1.54) is 17.3 Å². The third-order valence-corrected chi connectivity index (χ3v) is 2.64. The van der Waals surface area contributed by atoms with E-state index in [1.807, 2.05) is 6.20 Å². The van der Waals surface area contributed by atoms with Gasteiger partial charge in [0.25, 0.3) is 0 Å². The molecule has 5 heteroatoms. The molecule has 3 rings (SSSR count). The van der Waals surface area contributed by atoms with Crippen LogP contribution < -0.4 is 5.32 Å². The summed E-state index contributed by atoms with van der Waals surface area (Å²) in [6, 6.07) is 8.41. The minimum absolute atomic E-state index is 0.613. The second kappa shape index (κ2) is 4.39. The van der Waals surface area contributed by atoms with Crippen molar-refractivity contribution in [1.82, 2.24) is 20.4 Å². The summed E-state index contributed by atoms with van der Waals surface area (Å²) in [6.07, 6.45) is 3.28. The van der Waals surface area contributed by atoms with Gasteiger partial charge < -0.3 is 14.8 Å². The van der Waals surface area contributed by atoms with E-state index in [2.05, 4.69) is 49.2 Å². The molecule has 3 aromatic rings. The number of hydrogen-bond acceptors (Lipinski definition) is 4. The van der Waals surface area contributed by atoms with Crippen LogP contribution in [0, 0.1) is 0 Å². The highest BCUT2D eigenvalue weighted by Crippen LogP contribution is 2.14. The minimum Gasteiger partial charge on any atom is -0.361 e. The number of aromatic nitrogens is 3. The van der Waals surface area contributed by atoms with Gasteiger partial charge in [0.2, 0.25) is 6.39 Å². The van der Waals surface area contributed by atoms with Crippen LogP contribution in [-0.2, 0) is 13.1 Å². The maximum Gasteiger partial charge on any atom is 0.213 e. The number of hydrogen-bond donors (Lipinski definition) is 2. The first kappa shape index (κ1) is 10.0. The van der Waals surface area contributed by atoms with Crippen LogP contribution in [0.1, 0.15) is 11.4 Å². The summed E-state index contributed by atoms with van der Waals surface area (Å²) in [5, 5.41) is 8.23. The number of H-pyrrole nitrogens is 1. The van der Waals surface area contributed by atoms with E-state index in [0.717, 1.165) is 12.1 Å². The highest BCUT2D eigenvalue weighted by atomic mass is 16.5. The molecule has 0 radical (unpaired) electrons. The Kier molecular flexibility index (Phi) is 2.59. The van der Waals surface area contributed by atoms with Gasteiger partial charge in [-0.25, -0.2) is 0 Å². The van der Waals surface area contributed by atoms with Crippen molar-refractivity contribution in [1.29, 1.82) is 0 Å². The quantitative estimate of drug-likeness (QED) is 0.715. The van der Waals surface area contributed by atoms with Crippen LogP contribution in [0.4, 0.5) is 0 Å². The molecule has 5 nitrogen and oxygen atoms in total. The molecule has 1 aromatic carbocycles. The van der Waals surface area contributed by atoms with Gasteiger partial charge in [-0.2, -0.15) is 4.98 Å². The summed E-state index contributed by atoms with van der Waals surface area (Å²) < 4.78 is 4.66. The SMILES string of the molecule is c1cc2cc(CNCc3ncon3)ccc2[nH]1. The molecule has 0 fully saturated rings. The van der Waals surface area contributed by atoms with Gasteiger partial charge in [0, 0.05) is 18.3 Å². The van der Waals surface area contributed by atoms with E-state index in [0.29, 0.717) is 12.4 Å². The van der Waals surface area contributed by atoms with Crippen molar-refractivity contribution < 1.29 is 4.52 Å². The lowest BCUT2D eigenvalue weighted by Gasteiger charge is -2.02. The highest BCUT2D eigenvalue weighted by Gasteiger charge is 1.99. The van der Waals surface area contributed by atoms with Crippen molar-refractivity contribution in [2.75, 3.05) is 0 Å². The Hall–Kier alpha value is -2.14. The highest BCUT2D eigenvalue weighted by molar-refractivity contribution is 5.79. The molecule has 0 saturated heterocycles. The second-order valence-corrected chi connectivity index (χ2v) is 3.85. The predicted molar refractivity (Wildman–Crippen MR) is 63.1 cm³/mol. The molecule has 86 valence electrons. The van der Waals surface area contributed by atoms with E-state index in [1.54, 1.807) is 0 Å². The minimum atomic E-state index is 0.613. The number of aromatic amines is 1. The molecule has 0 saturated carbocycles. The van der Waals surface area contributed by atoms with Crippen LogP contribution in [0.25, 0.3) is 10.9 Å². The fourth-order valence-corrected chi connectivity index (χ4v) is 1.80. The van der Waals surface area contributed by atoms with Crippen LogP contribution in [0.5, 0.6) is 0 Å². The van der Waals surface area contributed by atoms with Gasteiger partial charge in [-0.3, -0.25) is 0 Å². The van der Waals surface area contributed by atoms with E-state index in [9.17, 15) is 0 Å². The maximum atomic E-state index is 4.66. The Labute approximate surface area is 97.8 Å². The number of nitrogens with zero attached hydrogens (tertiary/aromatic N) is 2. The summed E-state index contributed by atoms with van der Waals surface area (Å²) in [7, 11) is 0. The molecule has 2 N–H and O–H groups in total. The number of rotatable bonds is 4. The maximum absolute atomic E-state index is 4.66. The lowest BCUT2D eigenvalue weighted by molar-refractivity contribution is 0.407. The average molecular weight is 228 g/mol. The van der Waals surface area contributed by atoms with Crippen molar-refractivity contribution in [3.63, 3.8) is 0 Å². The zero-order chi connectivity index (χ0) is 11.5. The lowest BCUT2D eigenvalue weighted by Crippen LogP contribution is -2.13. The number of nitrogens with one attached hydrogen (secondary N) is 2. The van der Waals surface area contributed by atoms with Crippen LogP contribution >= 0.6 is 0 Å². The second-order valence-electron chi connectivity index (χ2n) is 3.85. The third kappa shape index (κ3) is 2.19. The van der Waals surface area contributed by atoms with Crippen molar-refractivity contribution in [3.05, 3.63) is 48.2 Å². The van der Waals surface area contributed by atoms with Gasteiger partial charge in [0.15, 0.2) is 5.82 Å². The lowest BCUT2D eigenvalue weighted by atomic mass is 10.1. The Balaban J connectivity index is 1.64. The van der Waals surface area contributed by atoms with Gasteiger partial charge in [-0.15, -0.1) is 0 Å². The van der Waals surface area contributed by atoms with Gasteiger partial charge in [-0.05, 0) is 29.1 Å². The molecule has 2 heterocycles. The zero-order valence-corrected chi connectivity index (χ0v) is 9.18. The van der Waals surface area contributed by atoms with Gasteiger partial charge in [0.1, 0.15) is 0 Å². The standard InChI is InChI=1S/C12H12N4O/c1-2-11-10(3-4-14-11)5-9(1)6-13-7-12-15-8-17-16-12/h1-5,8,13-14H,6-7H2. The zero-order valence-electron chi connectivity index (χ0n) is 9.18. The normalized spacial score (nSPS) is 11.1. The molecule has 0 spiro atoms. The first-order chi connectivity index (χ1) is 8.42. The summed E-state index contributed by atoms with van der Waals surface area (Å²) in [4.78, 5) is 7.12. The first-order valence-corrected chi connectivity index (χ1v) is 5.44. The Morgan fingerprint density at radius 2 is 2.24 bits per heavy atom. The molecule has 0 amide bonds. The van der Waals surface area contributed by atoms with Crippen molar-refractivity contribution >= 4 is 10.9 Å². The summed E-state index contributed by atoms with van der Waals surface area (Å²) in [5.74, 6) is 0.674. The van der Waals surface area contributed by atoms with E-state index in [-0.39, 0.29) is 0 Å². The smallest absolute Gasteiger partial charge is 0.213 e. The molecule has 0 aliphatic rings. The van der Waals surface area contributed by atoms with Crippen LogP contribution in [0.2, 0.25) is 0 Å². The van der Waals surface area contributed by atoms with E-state index >= 15 is 0 Å². The molecular weight excluding hydrogens is 216 g/mol. The monoisotopic (exact) mass is 228 g/mol. The van der Waals surface area contributed by atoms with Crippen molar-refractivity contribution in [2.24, 2.45) is 0 Å². The average Bonchev–Trinajstić information content (AvgIpc) is 2.98. The molecule has 0 atom stereocenters. The number of fused-ring (bicyclic) bond motifs is 1. The molecule has 2 aromatic heterocycles. The Bertz CT molecular complexity index is 600. The molecular formula is C12H12N4O. The van der Waals surface area contributed by atoms with Gasteiger partial charge in [0.05, 0.1) is 6.54 Å². The van der Waals surface area contributed by atoms with E-state index < -0.39 is 0 Å². The van der Waals surface area contributed by atoms with Crippen molar-refractivity contribution in [3.8, 4) is 0 Å².